The Labute approximate surface area is 118 Å². The van der Waals surface area contributed by atoms with Gasteiger partial charge in [-0.2, -0.15) is 0 Å². The third-order valence-electron chi connectivity index (χ3n) is 3.34. The highest BCUT2D eigenvalue weighted by atomic mass is 16.3. The van der Waals surface area contributed by atoms with Crippen molar-refractivity contribution in [2.75, 3.05) is 0 Å². The summed E-state index contributed by atoms with van der Waals surface area (Å²) in [5.74, 6) is 0.287. The zero-order chi connectivity index (χ0) is 15.1. The number of aryl methyl sites for hydroxylation is 1. The largest absolute Gasteiger partial charge is 0.507 e. The van der Waals surface area contributed by atoms with Crippen molar-refractivity contribution >= 4 is 11.0 Å². The summed E-state index contributed by atoms with van der Waals surface area (Å²) in [5, 5.41) is 10.1. The molecule has 2 heterocycles. The monoisotopic (exact) mass is 284 g/mol. The summed E-state index contributed by atoms with van der Waals surface area (Å²) in [6.45, 7) is 0. The van der Waals surface area contributed by atoms with E-state index in [0.717, 1.165) is 4.57 Å². The molecule has 1 aromatic carbocycles. The van der Waals surface area contributed by atoms with Gasteiger partial charge in [0.2, 0.25) is 0 Å². The van der Waals surface area contributed by atoms with Crippen molar-refractivity contribution in [2.45, 2.75) is 0 Å². The van der Waals surface area contributed by atoms with E-state index < -0.39 is 11.2 Å². The Hall–Kier alpha value is -2.96. The molecule has 7 heteroatoms. The minimum absolute atomic E-state index is 0.0330. The van der Waals surface area contributed by atoms with Gasteiger partial charge in [0.15, 0.2) is 11.5 Å². The van der Waals surface area contributed by atoms with Gasteiger partial charge in [0.05, 0.1) is 5.56 Å². The molecule has 0 aliphatic rings. The van der Waals surface area contributed by atoms with Crippen LogP contribution in [-0.4, -0.2) is 24.2 Å². The van der Waals surface area contributed by atoms with Crippen LogP contribution in [0, 0.1) is 0 Å². The first-order valence-corrected chi connectivity index (χ1v) is 6.22. The molecular formula is C14H12N4O3. The van der Waals surface area contributed by atoms with E-state index in [9.17, 15) is 14.7 Å². The fourth-order valence-electron chi connectivity index (χ4n) is 2.16. The Bertz CT molecular complexity index is 972. The number of phenols is 1. The van der Waals surface area contributed by atoms with Crippen molar-refractivity contribution < 1.29 is 5.11 Å². The van der Waals surface area contributed by atoms with E-state index in [1.807, 2.05) is 0 Å². The third kappa shape index (κ3) is 1.90. The fraction of sp³-hybridized carbons (Fsp3) is 0.143. The van der Waals surface area contributed by atoms with Crippen LogP contribution >= 0.6 is 0 Å². The van der Waals surface area contributed by atoms with Gasteiger partial charge < -0.3 is 5.11 Å². The number of hydrogen-bond acceptors (Lipinski definition) is 5. The lowest BCUT2D eigenvalue weighted by Crippen LogP contribution is -2.37. The maximum absolute atomic E-state index is 12.0. The minimum atomic E-state index is -0.463. The molecule has 21 heavy (non-hydrogen) atoms. The summed E-state index contributed by atoms with van der Waals surface area (Å²) in [4.78, 5) is 32.3. The highest BCUT2D eigenvalue weighted by Crippen LogP contribution is 2.25. The smallest absolute Gasteiger partial charge is 0.332 e. The summed E-state index contributed by atoms with van der Waals surface area (Å²) in [6, 6.07) is 6.61. The maximum Gasteiger partial charge on any atom is 0.332 e. The summed E-state index contributed by atoms with van der Waals surface area (Å²) in [7, 11) is 2.94. The zero-order valence-electron chi connectivity index (χ0n) is 11.4. The van der Waals surface area contributed by atoms with Gasteiger partial charge in [-0.3, -0.25) is 13.9 Å². The number of benzene rings is 1. The molecule has 0 saturated heterocycles. The van der Waals surface area contributed by atoms with E-state index in [-0.39, 0.29) is 22.6 Å². The highest BCUT2D eigenvalue weighted by Gasteiger charge is 2.13. The van der Waals surface area contributed by atoms with Gasteiger partial charge in [-0.05, 0) is 12.1 Å². The average molecular weight is 284 g/mol. The molecule has 106 valence electrons. The second-order valence-corrected chi connectivity index (χ2v) is 4.65. The summed E-state index contributed by atoms with van der Waals surface area (Å²) >= 11 is 0. The quantitative estimate of drug-likeness (QED) is 0.698. The SMILES string of the molecule is Cn1c(=O)c2cnc(-c3ccccc3O)nc2n(C)c1=O. The Morgan fingerprint density at radius 3 is 2.52 bits per heavy atom. The third-order valence-corrected chi connectivity index (χ3v) is 3.34. The van der Waals surface area contributed by atoms with Gasteiger partial charge in [-0.25, -0.2) is 14.8 Å². The first-order valence-electron chi connectivity index (χ1n) is 6.22. The lowest BCUT2D eigenvalue weighted by molar-refractivity contribution is 0.477. The zero-order valence-corrected chi connectivity index (χ0v) is 11.4. The molecule has 1 N–H and O–H groups in total. The predicted octanol–water partition coefficient (Wildman–Crippen LogP) is 0.400. The number of fused-ring (bicyclic) bond motifs is 1. The normalized spacial score (nSPS) is 11.0. The second-order valence-electron chi connectivity index (χ2n) is 4.65. The fourth-order valence-corrected chi connectivity index (χ4v) is 2.16. The molecule has 3 aromatic rings. The van der Waals surface area contributed by atoms with Crippen LogP contribution in [0.4, 0.5) is 0 Å². The van der Waals surface area contributed by atoms with Crippen LogP contribution in [0.25, 0.3) is 22.4 Å². The Kier molecular flexibility index (Phi) is 2.83. The van der Waals surface area contributed by atoms with E-state index in [0.29, 0.717) is 5.56 Å². The first kappa shape index (κ1) is 13.0. The van der Waals surface area contributed by atoms with Gasteiger partial charge in [0, 0.05) is 20.3 Å². The molecule has 2 aromatic heterocycles. The van der Waals surface area contributed by atoms with E-state index in [1.165, 1.54) is 30.9 Å². The van der Waals surface area contributed by atoms with E-state index in [4.69, 9.17) is 0 Å². The minimum Gasteiger partial charge on any atom is -0.507 e. The molecule has 0 radical (unpaired) electrons. The molecule has 0 fully saturated rings. The van der Waals surface area contributed by atoms with E-state index in [2.05, 4.69) is 9.97 Å². The number of aromatic nitrogens is 4. The van der Waals surface area contributed by atoms with Crippen molar-refractivity contribution in [3.8, 4) is 17.1 Å². The molecule has 3 rings (SSSR count). The number of para-hydroxylation sites is 1. The number of aromatic hydroxyl groups is 1. The molecular weight excluding hydrogens is 272 g/mol. The maximum atomic E-state index is 12.0. The summed E-state index contributed by atoms with van der Waals surface area (Å²) in [6.07, 6.45) is 1.37. The summed E-state index contributed by atoms with van der Waals surface area (Å²) < 4.78 is 2.28. The van der Waals surface area contributed by atoms with E-state index >= 15 is 0 Å². The summed E-state index contributed by atoms with van der Waals surface area (Å²) in [5.41, 5.74) is -0.241. The second kappa shape index (κ2) is 4.55. The molecule has 0 aliphatic heterocycles. The first-order chi connectivity index (χ1) is 10.0. The molecule has 0 saturated carbocycles. The molecule has 0 bridgehead atoms. The van der Waals surface area contributed by atoms with Gasteiger partial charge in [-0.15, -0.1) is 0 Å². The molecule has 0 unspecified atom stereocenters. The van der Waals surface area contributed by atoms with Crippen LogP contribution in [-0.2, 0) is 14.1 Å². The number of rotatable bonds is 1. The van der Waals surface area contributed by atoms with E-state index in [1.54, 1.807) is 18.2 Å². The van der Waals surface area contributed by atoms with Crippen molar-refractivity contribution in [1.29, 1.82) is 0 Å². The van der Waals surface area contributed by atoms with Crippen LogP contribution in [0.5, 0.6) is 5.75 Å². The lowest BCUT2D eigenvalue weighted by Gasteiger charge is -2.08. The van der Waals surface area contributed by atoms with Gasteiger partial charge in [0.1, 0.15) is 11.1 Å². The average Bonchev–Trinajstić information content (AvgIpc) is 2.51. The van der Waals surface area contributed by atoms with Crippen molar-refractivity contribution in [1.82, 2.24) is 19.1 Å². The molecule has 0 spiro atoms. The number of nitrogens with zero attached hydrogens (tertiary/aromatic N) is 4. The van der Waals surface area contributed by atoms with Crippen LogP contribution in [0.3, 0.4) is 0 Å². The van der Waals surface area contributed by atoms with Crippen molar-refractivity contribution in [3.05, 3.63) is 51.3 Å². The van der Waals surface area contributed by atoms with Crippen LogP contribution in [0.1, 0.15) is 0 Å². The van der Waals surface area contributed by atoms with Crippen LogP contribution in [0.2, 0.25) is 0 Å². The highest BCUT2D eigenvalue weighted by molar-refractivity contribution is 5.76. The Balaban J connectivity index is 2.39. The van der Waals surface area contributed by atoms with Gasteiger partial charge in [-0.1, -0.05) is 12.1 Å². The molecule has 0 amide bonds. The van der Waals surface area contributed by atoms with Crippen LogP contribution < -0.4 is 11.2 Å². The van der Waals surface area contributed by atoms with Crippen LogP contribution in [0.15, 0.2) is 40.1 Å². The predicted molar refractivity (Wildman–Crippen MR) is 77.1 cm³/mol. The molecule has 0 aliphatic carbocycles. The molecule has 7 nitrogen and oxygen atoms in total. The van der Waals surface area contributed by atoms with Gasteiger partial charge in [0.25, 0.3) is 5.56 Å². The Morgan fingerprint density at radius 2 is 1.81 bits per heavy atom. The van der Waals surface area contributed by atoms with Crippen molar-refractivity contribution in [3.63, 3.8) is 0 Å². The lowest BCUT2D eigenvalue weighted by atomic mass is 10.2. The number of phenolic OH excluding ortho intramolecular Hbond substituents is 1. The standard InChI is InChI=1S/C14H12N4O3/c1-17-12-9(13(20)18(2)14(17)21)7-15-11(16-12)8-5-3-4-6-10(8)19/h3-7,19H,1-2H3. The molecule has 0 atom stereocenters. The Morgan fingerprint density at radius 1 is 1.10 bits per heavy atom. The van der Waals surface area contributed by atoms with Crippen molar-refractivity contribution in [2.24, 2.45) is 14.1 Å². The van der Waals surface area contributed by atoms with Gasteiger partial charge >= 0.3 is 5.69 Å². The number of hydrogen-bond donors (Lipinski definition) is 1. The topological polar surface area (TPSA) is 90.0 Å².